The molecule has 0 aromatic heterocycles. The molecule has 2 rings (SSSR count). The Kier molecular flexibility index (Phi) is 3.92. The Labute approximate surface area is 101 Å². The van der Waals surface area contributed by atoms with Crippen molar-refractivity contribution in [3.63, 3.8) is 0 Å². The molecule has 0 unspecified atom stereocenters. The third-order valence-electron chi connectivity index (χ3n) is 3.90. The van der Waals surface area contributed by atoms with E-state index in [9.17, 15) is 14.9 Å². The maximum atomic E-state index is 11.4. The molecule has 1 fully saturated rings. The molecule has 17 heavy (non-hydrogen) atoms. The van der Waals surface area contributed by atoms with Crippen LogP contribution in [0.4, 0.5) is 0 Å². The average Bonchev–Trinajstić information content (AvgIpc) is 2.30. The summed E-state index contributed by atoms with van der Waals surface area (Å²) in [7, 11) is 0. The second kappa shape index (κ2) is 5.43. The highest BCUT2D eigenvalue weighted by Crippen LogP contribution is 2.33. The van der Waals surface area contributed by atoms with E-state index in [0.717, 1.165) is 44.1 Å². The fourth-order valence-corrected chi connectivity index (χ4v) is 3.07. The molecule has 0 spiro atoms. The van der Waals surface area contributed by atoms with Gasteiger partial charge in [-0.2, -0.15) is 0 Å². The first kappa shape index (κ1) is 12.3. The third kappa shape index (κ3) is 2.93. The van der Waals surface area contributed by atoms with Gasteiger partial charge in [-0.05, 0) is 44.1 Å². The maximum Gasteiger partial charge on any atom is 0.237 e. The number of hydrogen-bond acceptors (Lipinski definition) is 3. The minimum atomic E-state index is -0.598. The first-order valence-corrected chi connectivity index (χ1v) is 6.52. The van der Waals surface area contributed by atoms with Crippen molar-refractivity contribution in [3.8, 4) is 0 Å². The minimum absolute atomic E-state index is 0.0596. The molecule has 2 aliphatic carbocycles. The number of carbonyl (C=O) groups is 1. The summed E-state index contributed by atoms with van der Waals surface area (Å²) < 4.78 is 0. The van der Waals surface area contributed by atoms with E-state index >= 15 is 0 Å². The van der Waals surface area contributed by atoms with Gasteiger partial charge in [0.1, 0.15) is 5.78 Å². The van der Waals surface area contributed by atoms with Crippen LogP contribution >= 0.6 is 0 Å². The van der Waals surface area contributed by atoms with E-state index in [1.807, 2.05) is 6.08 Å². The highest BCUT2D eigenvalue weighted by Gasteiger charge is 2.37. The molecular formula is C13H19NO3. The molecule has 4 nitrogen and oxygen atoms in total. The standard InChI is InChI=1S/C13H19NO3/c15-12-8-4-7-11(9-12)13(14(16)17)10-5-2-1-3-6-10/h5,11,13H,1-4,6-9H2/t11-,13-/m1/s1. The molecule has 0 heterocycles. The second-order valence-corrected chi connectivity index (χ2v) is 5.15. The van der Waals surface area contributed by atoms with Gasteiger partial charge >= 0.3 is 0 Å². The zero-order chi connectivity index (χ0) is 12.3. The largest absolute Gasteiger partial charge is 0.300 e. The van der Waals surface area contributed by atoms with Gasteiger partial charge in [0, 0.05) is 23.7 Å². The summed E-state index contributed by atoms with van der Waals surface area (Å²) in [6.07, 6.45) is 8.69. The van der Waals surface area contributed by atoms with Gasteiger partial charge in [-0.3, -0.25) is 14.9 Å². The molecule has 0 saturated heterocycles. The van der Waals surface area contributed by atoms with Crippen LogP contribution in [0.25, 0.3) is 0 Å². The molecule has 1 saturated carbocycles. The monoisotopic (exact) mass is 237 g/mol. The van der Waals surface area contributed by atoms with Crippen molar-refractivity contribution in [1.29, 1.82) is 0 Å². The van der Waals surface area contributed by atoms with Crippen LogP contribution in [0.1, 0.15) is 51.4 Å². The summed E-state index contributed by atoms with van der Waals surface area (Å²) in [6.45, 7) is 0. The van der Waals surface area contributed by atoms with Gasteiger partial charge in [-0.15, -0.1) is 0 Å². The number of nitrogens with zero attached hydrogens (tertiary/aromatic N) is 1. The molecule has 0 aromatic rings. The summed E-state index contributed by atoms with van der Waals surface area (Å²) in [4.78, 5) is 22.5. The van der Waals surface area contributed by atoms with Crippen LogP contribution in [-0.2, 0) is 4.79 Å². The first-order chi connectivity index (χ1) is 8.18. The van der Waals surface area contributed by atoms with Crippen LogP contribution in [0.3, 0.4) is 0 Å². The second-order valence-electron chi connectivity index (χ2n) is 5.15. The molecule has 2 aliphatic rings. The number of Topliss-reactive ketones (excluding diaryl/α,β-unsaturated/α-hetero) is 1. The molecule has 2 atom stereocenters. The zero-order valence-electron chi connectivity index (χ0n) is 10.1. The number of carbonyl (C=O) groups excluding carboxylic acids is 1. The lowest BCUT2D eigenvalue weighted by atomic mass is 9.78. The van der Waals surface area contributed by atoms with Crippen molar-refractivity contribution in [2.24, 2.45) is 5.92 Å². The fraction of sp³-hybridized carbons (Fsp3) is 0.769. The van der Waals surface area contributed by atoms with Crippen LogP contribution in [0.15, 0.2) is 11.6 Å². The lowest BCUT2D eigenvalue weighted by Crippen LogP contribution is -2.35. The molecule has 94 valence electrons. The SMILES string of the molecule is O=C1CCC[C@@H]([C@@H](C2=CCCCC2)[N+](=O)[O-])C1. The Morgan fingerprint density at radius 1 is 1.29 bits per heavy atom. The van der Waals surface area contributed by atoms with Gasteiger partial charge in [0.25, 0.3) is 0 Å². The van der Waals surface area contributed by atoms with Crippen molar-refractivity contribution in [1.82, 2.24) is 0 Å². The van der Waals surface area contributed by atoms with Gasteiger partial charge in [-0.25, -0.2) is 0 Å². The first-order valence-electron chi connectivity index (χ1n) is 6.52. The number of nitro groups is 1. The Morgan fingerprint density at radius 2 is 2.12 bits per heavy atom. The normalized spacial score (nSPS) is 27.4. The van der Waals surface area contributed by atoms with E-state index < -0.39 is 6.04 Å². The smallest absolute Gasteiger partial charge is 0.237 e. The topological polar surface area (TPSA) is 60.2 Å². The molecule has 4 heteroatoms. The third-order valence-corrected chi connectivity index (χ3v) is 3.90. The summed E-state index contributed by atoms with van der Waals surface area (Å²) in [5.41, 5.74) is 0.973. The minimum Gasteiger partial charge on any atom is -0.300 e. The van der Waals surface area contributed by atoms with Gasteiger partial charge in [-0.1, -0.05) is 6.08 Å². The number of allylic oxidation sites excluding steroid dienone is 1. The Bertz CT molecular complexity index is 349. The van der Waals surface area contributed by atoms with E-state index in [1.54, 1.807) is 0 Å². The number of hydrogen-bond donors (Lipinski definition) is 0. The van der Waals surface area contributed by atoms with Crippen molar-refractivity contribution in [3.05, 3.63) is 21.8 Å². The van der Waals surface area contributed by atoms with Crippen molar-refractivity contribution < 1.29 is 9.72 Å². The van der Waals surface area contributed by atoms with Gasteiger partial charge in [0.15, 0.2) is 0 Å². The van der Waals surface area contributed by atoms with Gasteiger partial charge < -0.3 is 0 Å². The molecule has 0 aliphatic heterocycles. The van der Waals surface area contributed by atoms with Crippen LogP contribution in [0.5, 0.6) is 0 Å². The summed E-state index contributed by atoms with van der Waals surface area (Å²) >= 11 is 0. The Hall–Kier alpha value is -1.19. The average molecular weight is 237 g/mol. The zero-order valence-corrected chi connectivity index (χ0v) is 10.1. The van der Waals surface area contributed by atoms with Crippen LogP contribution in [0, 0.1) is 16.0 Å². The van der Waals surface area contributed by atoms with Crippen LogP contribution < -0.4 is 0 Å². The lowest BCUT2D eigenvalue weighted by molar-refractivity contribution is -0.522. The maximum absolute atomic E-state index is 11.4. The molecular weight excluding hydrogens is 218 g/mol. The van der Waals surface area contributed by atoms with Crippen LogP contribution in [-0.4, -0.2) is 16.7 Å². The fourth-order valence-electron chi connectivity index (χ4n) is 3.07. The number of ketones is 1. The van der Waals surface area contributed by atoms with Crippen molar-refractivity contribution in [2.45, 2.75) is 57.4 Å². The van der Waals surface area contributed by atoms with E-state index in [2.05, 4.69) is 0 Å². The lowest BCUT2D eigenvalue weighted by Gasteiger charge is -2.26. The molecule has 0 bridgehead atoms. The predicted molar refractivity (Wildman–Crippen MR) is 64.3 cm³/mol. The number of rotatable bonds is 3. The molecule has 0 N–H and O–H groups in total. The van der Waals surface area contributed by atoms with Crippen LogP contribution in [0.2, 0.25) is 0 Å². The van der Waals surface area contributed by atoms with E-state index in [0.29, 0.717) is 12.8 Å². The van der Waals surface area contributed by atoms with Crippen molar-refractivity contribution in [2.75, 3.05) is 0 Å². The quantitative estimate of drug-likeness (QED) is 0.431. The Morgan fingerprint density at radius 3 is 2.71 bits per heavy atom. The molecule has 0 radical (unpaired) electrons. The molecule has 0 amide bonds. The summed E-state index contributed by atoms with van der Waals surface area (Å²) in [5.74, 6) is 0.139. The van der Waals surface area contributed by atoms with E-state index in [1.165, 1.54) is 0 Å². The predicted octanol–water partition coefficient (Wildman–Crippen LogP) is 2.89. The van der Waals surface area contributed by atoms with E-state index in [-0.39, 0.29) is 16.6 Å². The molecule has 0 aromatic carbocycles. The summed E-state index contributed by atoms with van der Waals surface area (Å²) in [5, 5.41) is 11.3. The highest BCUT2D eigenvalue weighted by atomic mass is 16.6. The summed E-state index contributed by atoms with van der Waals surface area (Å²) in [6, 6.07) is -0.598. The Balaban J connectivity index is 2.13. The van der Waals surface area contributed by atoms with E-state index in [4.69, 9.17) is 0 Å². The van der Waals surface area contributed by atoms with Crippen molar-refractivity contribution >= 4 is 5.78 Å². The van der Waals surface area contributed by atoms with Gasteiger partial charge in [0.05, 0.1) is 0 Å². The highest BCUT2D eigenvalue weighted by molar-refractivity contribution is 5.79. The van der Waals surface area contributed by atoms with Gasteiger partial charge in [0.2, 0.25) is 6.04 Å².